The summed E-state index contributed by atoms with van der Waals surface area (Å²) in [5, 5.41) is 2.70. The van der Waals surface area contributed by atoms with Gasteiger partial charge in [-0.1, -0.05) is 18.2 Å². The summed E-state index contributed by atoms with van der Waals surface area (Å²) in [6, 6.07) is 12.1. The molecular weight excluding hydrogens is 336 g/mol. The third kappa shape index (κ3) is 4.66. The average molecular weight is 358 g/mol. The standard InChI is InChI=1S/C19H22N2O5/c1-21(2)19(23)14-10-16(24-3)17(25-4)11-15(14)20-18(22)12-26-13-8-6-5-7-9-13/h5-11H,12H2,1-4H3,(H,20,22). The first-order valence-corrected chi connectivity index (χ1v) is 7.91. The van der Waals surface area contributed by atoms with Crippen LogP contribution in [0.15, 0.2) is 42.5 Å². The summed E-state index contributed by atoms with van der Waals surface area (Å²) >= 11 is 0. The van der Waals surface area contributed by atoms with Crippen LogP contribution >= 0.6 is 0 Å². The molecule has 0 fully saturated rings. The van der Waals surface area contributed by atoms with E-state index in [2.05, 4.69) is 5.32 Å². The van der Waals surface area contributed by atoms with Gasteiger partial charge in [-0.25, -0.2) is 0 Å². The van der Waals surface area contributed by atoms with Gasteiger partial charge in [0.1, 0.15) is 5.75 Å². The molecule has 0 aliphatic heterocycles. The minimum atomic E-state index is -0.395. The molecule has 0 saturated heterocycles. The van der Waals surface area contributed by atoms with E-state index in [1.165, 1.54) is 25.2 Å². The second-order valence-electron chi connectivity index (χ2n) is 5.60. The van der Waals surface area contributed by atoms with Crippen molar-refractivity contribution >= 4 is 17.5 Å². The summed E-state index contributed by atoms with van der Waals surface area (Å²) in [5.41, 5.74) is 0.615. The molecule has 7 heteroatoms. The van der Waals surface area contributed by atoms with Gasteiger partial charge in [0, 0.05) is 20.2 Å². The number of methoxy groups -OCH3 is 2. The van der Waals surface area contributed by atoms with Gasteiger partial charge >= 0.3 is 0 Å². The van der Waals surface area contributed by atoms with Gasteiger partial charge in [0.05, 0.1) is 25.5 Å². The smallest absolute Gasteiger partial charge is 0.262 e. The third-order valence-electron chi connectivity index (χ3n) is 3.55. The second-order valence-corrected chi connectivity index (χ2v) is 5.60. The van der Waals surface area contributed by atoms with Crippen LogP contribution in [0.3, 0.4) is 0 Å². The Morgan fingerprint density at radius 1 is 1.00 bits per heavy atom. The van der Waals surface area contributed by atoms with Gasteiger partial charge in [0.25, 0.3) is 11.8 Å². The Hall–Kier alpha value is -3.22. The fraction of sp³-hybridized carbons (Fsp3) is 0.263. The molecule has 2 amide bonds. The minimum absolute atomic E-state index is 0.187. The van der Waals surface area contributed by atoms with Crippen molar-refractivity contribution in [3.63, 3.8) is 0 Å². The summed E-state index contributed by atoms with van der Waals surface area (Å²) in [4.78, 5) is 26.1. The highest BCUT2D eigenvalue weighted by molar-refractivity contribution is 6.04. The van der Waals surface area contributed by atoms with Crippen LogP contribution in [0.4, 0.5) is 5.69 Å². The van der Waals surface area contributed by atoms with Crippen LogP contribution in [0.25, 0.3) is 0 Å². The number of hydrogen-bond donors (Lipinski definition) is 1. The summed E-state index contributed by atoms with van der Waals surface area (Å²) in [5.74, 6) is 0.719. The maximum Gasteiger partial charge on any atom is 0.262 e. The quantitative estimate of drug-likeness (QED) is 0.823. The molecule has 2 aromatic rings. The molecule has 7 nitrogen and oxygen atoms in total. The van der Waals surface area contributed by atoms with Gasteiger partial charge in [0.15, 0.2) is 18.1 Å². The zero-order valence-corrected chi connectivity index (χ0v) is 15.2. The molecule has 0 aliphatic rings. The summed E-state index contributed by atoms with van der Waals surface area (Å²) in [7, 11) is 6.22. The Bertz CT molecular complexity index is 775. The van der Waals surface area contributed by atoms with Crippen molar-refractivity contribution in [3.05, 3.63) is 48.0 Å². The van der Waals surface area contributed by atoms with E-state index in [1.54, 1.807) is 32.3 Å². The van der Waals surface area contributed by atoms with E-state index in [0.717, 1.165) is 0 Å². The fourth-order valence-corrected chi connectivity index (χ4v) is 2.25. The average Bonchev–Trinajstić information content (AvgIpc) is 2.66. The van der Waals surface area contributed by atoms with E-state index in [4.69, 9.17) is 14.2 Å². The highest BCUT2D eigenvalue weighted by Crippen LogP contribution is 2.33. The largest absolute Gasteiger partial charge is 0.493 e. The predicted molar refractivity (Wildman–Crippen MR) is 98.1 cm³/mol. The molecule has 1 N–H and O–H groups in total. The number of rotatable bonds is 7. The Labute approximate surface area is 152 Å². The SMILES string of the molecule is COc1cc(NC(=O)COc2ccccc2)c(C(=O)N(C)C)cc1OC. The minimum Gasteiger partial charge on any atom is -0.493 e. The molecule has 0 aliphatic carbocycles. The van der Waals surface area contributed by atoms with Gasteiger partial charge in [0.2, 0.25) is 0 Å². The molecule has 26 heavy (non-hydrogen) atoms. The van der Waals surface area contributed by atoms with Crippen LogP contribution in [-0.2, 0) is 4.79 Å². The van der Waals surface area contributed by atoms with Crippen molar-refractivity contribution in [1.82, 2.24) is 4.90 Å². The van der Waals surface area contributed by atoms with Gasteiger partial charge < -0.3 is 24.4 Å². The first-order chi connectivity index (χ1) is 12.5. The van der Waals surface area contributed by atoms with E-state index in [1.807, 2.05) is 18.2 Å². The van der Waals surface area contributed by atoms with Crippen molar-refractivity contribution < 1.29 is 23.8 Å². The van der Waals surface area contributed by atoms with Crippen LogP contribution in [0.5, 0.6) is 17.2 Å². The Balaban J connectivity index is 2.22. The molecule has 2 aromatic carbocycles. The number of carbonyl (C=O) groups is 2. The number of nitrogens with one attached hydrogen (secondary N) is 1. The maximum absolute atomic E-state index is 12.4. The molecule has 2 rings (SSSR count). The van der Waals surface area contributed by atoms with Crippen molar-refractivity contribution in [2.45, 2.75) is 0 Å². The van der Waals surface area contributed by atoms with Crippen LogP contribution < -0.4 is 19.5 Å². The van der Waals surface area contributed by atoms with E-state index in [9.17, 15) is 9.59 Å². The summed E-state index contributed by atoms with van der Waals surface area (Å²) in [6.07, 6.45) is 0. The van der Waals surface area contributed by atoms with Gasteiger partial charge in [-0.05, 0) is 18.2 Å². The zero-order valence-electron chi connectivity index (χ0n) is 15.2. The molecule has 0 bridgehead atoms. The molecule has 0 aromatic heterocycles. The second kappa shape index (κ2) is 8.75. The number of hydrogen-bond acceptors (Lipinski definition) is 5. The number of benzene rings is 2. The highest BCUT2D eigenvalue weighted by Gasteiger charge is 2.20. The van der Waals surface area contributed by atoms with Crippen LogP contribution in [-0.4, -0.2) is 51.6 Å². The molecule has 0 heterocycles. The van der Waals surface area contributed by atoms with E-state index < -0.39 is 5.91 Å². The van der Waals surface area contributed by atoms with Gasteiger partial charge in [-0.15, -0.1) is 0 Å². The lowest BCUT2D eigenvalue weighted by molar-refractivity contribution is -0.118. The molecule has 0 unspecified atom stereocenters. The van der Waals surface area contributed by atoms with Gasteiger partial charge in [-0.2, -0.15) is 0 Å². The lowest BCUT2D eigenvalue weighted by atomic mass is 10.1. The number of nitrogens with zero attached hydrogens (tertiary/aromatic N) is 1. The molecular formula is C19H22N2O5. The Morgan fingerprint density at radius 3 is 2.19 bits per heavy atom. The van der Waals surface area contributed by atoms with Crippen molar-refractivity contribution in [2.24, 2.45) is 0 Å². The van der Waals surface area contributed by atoms with Gasteiger partial charge in [-0.3, -0.25) is 9.59 Å². The van der Waals surface area contributed by atoms with E-state index in [-0.39, 0.29) is 12.5 Å². The maximum atomic E-state index is 12.4. The lowest BCUT2D eigenvalue weighted by Gasteiger charge is -2.18. The van der Waals surface area contributed by atoms with E-state index >= 15 is 0 Å². The number of amides is 2. The number of anilines is 1. The van der Waals surface area contributed by atoms with Crippen LogP contribution in [0, 0.1) is 0 Å². The Kier molecular flexibility index (Phi) is 6.43. The Morgan fingerprint density at radius 2 is 1.62 bits per heavy atom. The predicted octanol–water partition coefficient (Wildman–Crippen LogP) is 2.42. The molecule has 0 radical (unpaired) electrons. The summed E-state index contributed by atoms with van der Waals surface area (Å²) in [6.45, 7) is -0.187. The van der Waals surface area contributed by atoms with Crippen LogP contribution in [0.2, 0.25) is 0 Å². The molecule has 0 spiro atoms. The zero-order chi connectivity index (χ0) is 19.1. The normalized spacial score (nSPS) is 10.0. The van der Waals surface area contributed by atoms with Crippen molar-refractivity contribution in [3.8, 4) is 17.2 Å². The van der Waals surface area contributed by atoms with Crippen LogP contribution in [0.1, 0.15) is 10.4 Å². The number of ether oxygens (including phenoxy) is 3. The number of para-hydroxylation sites is 1. The molecule has 138 valence electrons. The van der Waals surface area contributed by atoms with Crippen molar-refractivity contribution in [2.75, 3.05) is 40.2 Å². The fourth-order valence-electron chi connectivity index (χ4n) is 2.25. The number of carbonyl (C=O) groups excluding carboxylic acids is 2. The van der Waals surface area contributed by atoms with E-state index in [0.29, 0.717) is 28.5 Å². The first-order valence-electron chi connectivity index (χ1n) is 7.91. The molecule has 0 atom stereocenters. The molecule has 0 saturated carbocycles. The van der Waals surface area contributed by atoms with Crippen molar-refractivity contribution in [1.29, 1.82) is 0 Å². The third-order valence-corrected chi connectivity index (χ3v) is 3.55. The first kappa shape index (κ1) is 19.1. The summed E-state index contributed by atoms with van der Waals surface area (Å²) < 4.78 is 15.9. The topological polar surface area (TPSA) is 77.1 Å². The highest BCUT2D eigenvalue weighted by atomic mass is 16.5. The monoisotopic (exact) mass is 358 g/mol. The lowest BCUT2D eigenvalue weighted by Crippen LogP contribution is -2.26.